The summed E-state index contributed by atoms with van der Waals surface area (Å²) in [7, 11) is 5.99. The van der Waals surface area contributed by atoms with Gasteiger partial charge in [0.1, 0.15) is 17.2 Å². The molecule has 1 N–H and O–H groups in total. The van der Waals surface area contributed by atoms with Gasteiger partial charge in [-0.2, -0.15) is 0 Å². The summed E-state index contributed by atoms with van der Waals surface area (Å²) in [6, 6.07) is 5.21. The Balaban J connectivity index is 2.08. The minimum atomic E-state index is -0.636. The lowest BCUT2D eigenvalue weighted by atomic mass is 10.2. The highest BCUT2D eigenvalue weighted by Crippen LogP contribution is 2.40. The summed E-state index contributed by atoms with van der Waals surface area (Å²) < 4.78 is 17.2. The van der Waals surface area contributed by atoms with Gasteiger partial charge in [0, 0.05) is 11.4 Å². The van der Waals surface area contributed by atoms with Gasteiger partial charge in [0.2, 0.25) is 0 Å². The van der Waals surface area contributed by atoms with Crippen LogP contribution in [0.4, 0.5) is 10.5 Å². The third kappa shape index (κ3) is 3.27. The second kappa shape index (κ2) is 7.79. The van der Waals surface area contributed by atoms with Crippen molar-refractivity contribution in [2.24, 2.45) is 0 Å². The SMILES string of the molecule is CCCOC(=O)Nc1c2sscc-2n(-c2ccc(OC)cc2OC)c1=O. The highest BCUT2D eigenvalue weighted by atomic mass is 32.9. The molecule has 0 spiro atoms. The van der Waals surface area contributed by atoms with E-state index in [4.69, 9.17) is 14.2 Å². The number of ether oxygens (including phenoxy) is 3. The maximum absolute atomic E-state index is 13.0. The Kier molecular flexibility index (Phi) is 5.48. The molecular formula is C17H18N2O5S2. The van der Waals surface area contributed by atoms with Crippen molar-refractivity contribution in [3.63, 3.8) is 0 Å². The van der Waals surface area contributed by atoms with Crippen LogP contribution < -0.4 is 20.3 Å². The van der Waals surface area contributed by atoms with Crippen molar-refractivity contribution in [1.29, 1.82) is 0 Å². The monoisotopic (exact) mass is 394 g/mol. The van der Waals surface area contributed by atoms with Crippen LogP contribution in [0.5, 0.6) is 11.5 Å². The lowest BCUT2D eigenvalue weighted by Crippen LogP contribution is -2.21. The largest absolute Gasteiger partial charge is 0.497 e. The molecule has 26 heavy (non-hydrogen) atoms. The number of hydrogen-bond donors (Lipinski definition) is 1. The fourth-order valence-electron chi connectivity index (χ4n) is 2.51. The first kappa shape index (κ1) is 18.3. The van der Waals surface area contributed by atoms with Gasteiger partial charge in [0.05, 0.1) is 37.1 Å². The Bertz CT molecular complexity index is 943. The third-order valence-corrected chi connectivity index (χ3v) is 5.77. The van der Waals surface area contributed by atoms with E-state index in [9.17, 15) is 9.59 Å². The molecular weight excluding hydrogens is 376 g/mol. The molecule has 0 aromatic heterocycles. The maximum Gasteiger partial charge on any atom is 0.411 e. The first-order chi connectivity index (χ1) is 12.6. The first-order valence-corrected chi connectivity index (χ1v) is 10.1. The standard InChI is InChI=1S/C17H18N2O5S2/c1-4-7-24-17(21)18-14-15-12(9-25-26-15)19(16(14)20)11-6-5-10(22-2)8-13(11)23-3/h5-6,8-9H,4,7H2,1-3H3,(H,18,21). The van der Waals surface area contributed by atoms with Crippen LogP contribution in [-0.2, 0) is 4.74 Å². The molecule has 3 rings (SSSR count). The second-order valence-electron chi connectivity index (χ2n) is 5.33. The van der Waals surface area contributed by atoms with E-state index in [1.54, 1.807) is 25.3 Å². The topological polar surface area (TPSA) is 78.8 Å². The molecule has 2 aliphatic heterocycles. The molecule has 0 radical (unpaired) electrons. The number of fused-ring (bicyclic) bond motifs is 1. The van der Waals surface area contributed by atoms with E-state index in [-0.39, 0.29) is 11.2 Å². The number of anilines is 1. The molecule has 0 fully saturated rings. The minimum absolute atomic E-state index is 0.213. The lowest BCUT2D eigenvalue weighted by Gasteiger charge is -2.11. The number of nitrogens with one attached hydrogen (secondary N) is 1. The van der Waals surface area contributed by atoms with Crippen LogP contribution in [-0.4, -0.2) is 31.5 Å². The third-order valence-electron chi connectivity index (χ3n) is 3.70. The van der Waals surface area contributed by atoms with Crippen molar-refractivity contribution >= 4 is 32.5 Å². The number of aromatic nitrogens is 1. The molecule has 2 aliphatic rings. The van der Waals surface area contributed by atoms with E-state index in [2.05, 4.69) is 5.32 Å². The molecule has 138 valence electrons. The summed E-state index contributed by atoms with van der Waals surface area (Å²) in [6.45, 7) is 2.20. The Morgan fingerprint density at radius 2 is 2.08 bits per heavy atom. The van der Waals surface area contributed by atoms with Crippen LogP contribution in [0.2, 0.25) is 0 Å². The van der Waals surface area contributed by atoms with Crippen LogP contribution in [0.1, 0.15) is 13.3 Å². The van der Waals surface area contributed by atoms with Crippen LogP contribution in [0.3, 0.4) is 0 Å². The van der Waals surface area contributed by atoms with Crippen LogP contribution in [0, 0.1) is 0 Å². The zero-order valence-electron chi connectivity index (χ0n) is 14.5. The Labute approximate surface area is 157 Å². The van der Waals surface area contributed by atoms with E-state index < -0.39 is 6.09 Å². The van der Waals surface area contributed by atoms with Crippen LogP contribution in [0.15, 0.2) is 28.4 Å². The van der Waals surface area contributed by atoms with Gasteiger partial charge in [0.25, 0.3) is 5.56 Å². The van der Waals surface area contributed by atoms with E-state index in [1.807, 2.05) is 12.3 Å². The summed E-state index contributed by atoms with van der Waals surface area (Å²) in [6.07, 6.45) is 0.0705. The highest BCUT2D eigenvalue weighted by Gasteiger charge is 2.26. The van der Waals surface area contributed by atoms with Crippen molar-refractivity contribution in [1.82, 2.24) is 4.57 Å². The molecule has 2 heterocycles. The van der Waals surface area contributed by atoms with Crippen molar-refractivity contribution in [3.8, 4) is 27.8 Å². The van der Waals surface area contributed by atoms with E-state index in [1.165, 1.54) is 32.4 Å². The van der Waals surface area contributed by atoms with E-state index in [0.717, 1.165) is 0 Å². The van der Waals surface area contributed by atoms with Gasteiger partial charge >= 0.3 is 6.09 Å². The fourth-order valence-corrected chi connectivity index (χ4v) is 4.71. The number of amides is 1. The number of rotatable bonds is 6. The summed E-state index contributed by atoms with van der Waals surface area (Å²) in [5, 5.41) is 4.45. The van der Waals surface area contributed by atoms with Gasteiger partial charge in [-0.05, 0) is 18.6 Å². The predicted molar refractivity (Wildman–Crippen MR) is 103 cm³/mol. The molecule has 0 bridgehead atoms. The molecule has 0 saturated carbocycles. The van der Waals surface area contributed by atoms with Gasteiger partial charge in [0.15, 0.2) is 0 Å². The smallest absolute Gasteiger partial charge is 0.411 e. The molecule has 0 unspecified atom stereocenters. The molecule has 0 saturated heterocycles. The average Bonchev–Trinajstić information content (AvgIpc) is 3.22. The van der Waals surface area contributed by atoms with Gasteiger partial charge in [-0.1, -0.05) is 27.6 Å². The Hall–Kier alpha value is -2.52. The number of hydrogen-bond acceptors (Lipinski definition) is 7. The van der Waals surface area contributed by atoms with Crippen LogP contribution >= 0.6 is 20.7 Å². The molecule has 0 atom stereocenters. The second-order valence-corrected chi connectivity index (χ2v) is 7.41. The molecule has 0 aliphatic carbocycles. The van der Waals surface area contributed by atoms with E-state index >= 15 is 0 Å². The average molecular weight is 394 g/mol. The molecule has 7 nitrogen and oxygen atoms in total. The number of carbonyl (C=O) groups is 1. The number of benzene rings is 1. The number of carbonyl (C=O) groups excluding carboxylic acids is 1. The fraction of sp³-hybridized carbons (Fsp3) is 0.294. The van der Waals surface area contributed by atoms with Gasteiger partial charge < -0.3 is 14.2 Å². The summed E-state index contributed by atoms with van der Waals surface area (Å²) >= 11 is 0. The Morgan fingerprint density at radius 3 is 2.77 bits per heavy atom. The molecule has 1 aromatic rings. The lowest BCUT2D eigenvalue weighted by molar-refractivity contribution is 0.161. The van der Waals surface area contributed by atoms with E-state index in [0.29, 0.717) is 40.8 Å². The van der Waals surface area contributed by atoms with Crippen molar-refractivity contribution in [2.75, 3.05) is 26.1 Å². The Morgan fingerprint density at radius 1 is 1.27 bits per heavy atom. The van der Waals surface area contributed by atoms with Crippen molar-refractivity contribution in [2.45, 2.75) is 13.3 Å². The maximum atomic E-state index is 13.0. The number of nitrogens with zero attached hydrogens (tertiary/aromatic N) is 1. The molecule has 9 heteroatoms. The summed E-state index contributed by atoms with van der Waals surface area (Å²) in [5.74, 6) is 1.12. The van der Waals surface area contributed by atoms with Gasteiger partial charge in [-0.25, -0.2) is 4.79 Å². The number of methoxy groups -OCH3 is 2. The normalized spacial score (nSPS) is 10.7. The summed E-state index contributed by atoms with van der Waals surface area (Å²) in [4.78, 5) is 25.6. The predicted octanol–water partition coefficient (Wildman–Crippen LogP) is 4.04. The van der Waals surface area contributed by atoms with Crippen molar-refractivity contribution in [3.05, 3.63) is 33.9 Å². The molecule has 1 amide bonds. The zero-order chi connectivity index (χ0) is 18.7. The first-order valence-electron chi connectivity index (χ1n) is 7.89. The van der Waals surface area contributed by atoms with Gasteiger partial charge in [-0.15, -0.1) is 0 Å². The zero-order valence-corrected chi connectivity index (χ0v) is 16.2. The highest BCUT2D eigenvalue weighted by molar-refractivity contribution is 7.70. The van der Waals surface area contributed by atoms with Crippen LogP contribution in [0.25, 0.3) is 16.3 Å². The molecule has 1 aromatic carbocycles. The quantitative estimate of drug-likeness (QED) is 0.639. The van der Waals surface area contributed by atoms with Gasteiger partial charge in [-0.3, -0.25) is 14.7 Å². The summed E-state index contributed by atoms with van der Waals surface area (Å²) in [5.41, 5.74) is 1.16. The van der Waals surface area contributed by atoms with Crippen molar-refractivity contribution < 1.29 is 19.0 Å². The minimum Gasteiger partial charge on any atom is -0.497 e.